The molecule has 3 aromatic rings. The smallest absolute Gasteiger partial charge is 0.352 e. The first-order chi connectivity index (χ1) is 14.0. The minimum absolute atomic E-state index is 0.108. The number of hydrogen-bond acceptors (Lipinski definition) is 7. The summed E-state index contributed by atoms with van der Waals surface area (Å²) in [6.45, 7) is 0.568. The number of anilines is 1. The van der Waals surface area contributed by atoms with Gasteiger partial charge in [0.1, 0.15) is 30.6 Å². The van der Waals surface area contributed by atoms with E-state index in [1.807, 2.05) is 0 Å². The number of halogens is 1. The van der Waals surface area contributed by atoms with E-state index in [9.17, 15) is 9.18 Å². The van der Waals surface area contributed by atoms with Crippen molar-refractivity contribution in [1.29, 1.82) is 0 Å². The van der Waals surface area contributed by atoms with E-state index >= 15 is 0 Å². The Kier molecular flexibility index (Phi) is 5.13. The molecule has 9 heteroatoms. The van der Waals surface area contributed by atoms with Gasteiger partial charge >= 0.3 is 5.24 Å². The van der Waals surface area contributed by atoms with Gasteiger partial charge in [-0.1, -0.05) is 12.1 Å². The van der Waals surface area contributed by atoms with Gasteiger partial charge in [-0.05, 0) is 36.4 Å². The van der Waals surface area contributed by atoms with Gasteiger partial charge in [0.2, 0.25) is 0 Å². The van der Waals surface area contributed by atoms with Crippen molar-refractivity contribution in [2.24, 2.45) is 0 Å². The maximum atomic E-state index is 13.1. The van der Waals surface area contributed by atoms with Gasteiger partial charge in [0, 0.05) is 17.8 Å². The molecule has 29 heavy (non-hydrogen) atoms. The zero-order valence-electron chi connectivity index (χ0n) is 15.1. The van der Waals surface area contributed by atoms with Crippen molar-refractivity contribution in [3.63, 3.8) is 0 Å². The van der Waals surface area contributed by atoms with Gasteiger partial charge in [-0.15, -0.1) is 0 Å². The topological polar surface area (TPSA) is 88.6 Å². The molecular weight excluding hydrogens is 397 g/mol. The molecule has 1 aromatic heterocycles. The summed E-state index contributed by atoms with van der Waals surface area (Å²) >= 11 is 4.81. The Morgan fingerprint density at radius 2 is 2.10 bits per heavy atom. The van der Waals surface area contributed by atoms with Crippen molar-refractivity contribution in [2.75, 3.05) is 18.9 Å². The first kappa shape index (κ1) is 18.9. The first-order valence-electron chi connectivity index (χ1n) is 8.71. The average Bonchev–Trinajstić information content (AvgIpc) is 3.32. The number of rotatable bonds is 6. The third kappa shape index (κ3) is 4.04. The highest BCUT2D eigenvalue weighted by Crippen LogP contribution is 2.23. The van der Waals surface area contributed by atoms with Gasteiger partial charge < -0.3 is 19.9 Å². The van der Waals surface area contributed by atoms with Gasteiger partial charge in [-0.25, -0.2) is 9.07 Å². The minimum Gasteiger partial charge on any atom is -0.490 e. The van der Waals surface area contributed by atoms with Crippen molar-refractivity contribution in [1.82, 2.24) is 9.78 Å². The van der Waals surface area contributed by atoms with Crippen molar-refractivity contribution in [3.05, 3.63) is 71.7 Å². The molecule has 1 fully saturated rings. The summed E-state index contributed by atoms with van der Waals surface area (Å²) < 4.78 is 30.5. The summed E-state index contributed by atoms with van der Waals surface area (Å²) in [5, 5.41) is 4.26. The molecule has 1 saturated heterocycles. The number of ether oxygens (including phenoxy) is 3. The van der Waals surface area contributed by atoms with Crippen molar-refractivity contribution >= 4 is 29.1 Å². The van der Waals surface area contributed by atoms with Gasteiger partial charge in [-0.3, -0.25) is 4.79 Å². The normalized spacial score (nSPS) is 15.6. The number of carbonyl (C=O) groups is 1. The van der Waals surface area contributed by atoms with Gasteiger partial charge in [0.15, 0.2) is 11.9 Å². The summed E-state index contributed by atoms with van der Waals surface area (Å²) in [5.74, 6) is -0.00775. The Bertz CT molecular complexity index is 1070. The highest BCUT2D eigenvalue weighted by Gasteiger charge is 2.23. The van der Waals surface area contributed by atoms with Crippen LogP contribution in [0.1, 0.15) is 15.9 Å². The van der Waals surface area contributed by atoms with E-state index in [0.717, 1.165) is 0 Å². The first-order valence-corrected chi connectivity index (χ1v) is 9.12. The molecule has 1 atom stereocenters. The van der Waals surface area contributed by atoms with Gasteiger partial charge in [0.25, 0.3) is 0 Å². The lowest BCUT2D eigenvalue weighted by Gasteiger charge is -2.10. The van der Waals surface area contributed by atoms with Crippen molar-refractivity contribution in [3.8, 4) is 11.4 Å². The highest BCUT2D eigenvalue weighted by molar-refractivity contribution is 7.79. The Hall–Kier alpha value is -3.46. The largest absolute Gasteiger partial charge is 0.490 e. The number of hydrogen-bond donors (Lipinski definition) is 1. The molecule has 148 valence electrons. The fraction of sp³-hybridized carbons (Fsp3) is 0.150. The number of ketones is 1. The van der Waals surface area contributed by atoms with Crippen molar-refractivity contribution < 1.29 is 23.4 Å². The fourth-order valence-corrected chi connectivity index (χ4v) is 3.04. The van der Waals surface area contributed by atoms with E-state index in [1.54, 1.807) is 24.3 Å². The van der Waals surface area contributed by atoms with Crippen molar-refractivity contribution in [2.45, 2.75) is 6.10 Å². The Morgan fingerprint density at radius 1 is 1.31 bits per heavy atom. The lowest BCUT2D eigenvalue weighted by molar-refractivity contribution is 0.103. The summed E-state index contributed by atoms with van der Waals surface area (Å²) in [7, 11) is 0. The molecule has 2 N–H and O–H groups in total. The lowest BCUT2D eigenvalue weighted by atomic mass is 10.1. The molecule has 0 amide bonds. The standard InChI is InChI=1S/C20H16FN3O4S/c21-13-4-6-14(7-5-13)24-19(22)17(9-23-24)18(25)12-2-1-3-15(8-12)26-10-16-11-27-20(29)28-16/h1-9,16H,10-11,22H2. The summed E-state index contributed by atoms with van der Waals surface area (Å²) in [5.41, 5.74) is 7.30. The summed E-state index contributed by atoms with van der Waals surface area (Å²) in [6, 6.07) is 12.4. The van der Waals surface area contributed by atoms with E-state index in [2.05, 4.69) is 5.10 Å². The molecule has 4 rings (SSSR count). The van der Waals surface area contributed by atoms with E-state index < -0.39 is 0 Å². The number of nitrogens with two attached hydrogens (primary N) is 1. The summed E-state index contributed by atoms with van der Waals surface area (Å²) in [4.78, 5) is 12.9. The quantitative estimate of drug-likeness (QED) is 0.491. The van der Waals surface area contributed by atoms with Crippen LogP contribution in [0.4, 0.5) is 10.2 Å². The molecule has 0 bridgehead atoms. The molecule has 1 aliphatic rings. The molecule has 0 saturated carbocycles. The third-order valence-electron chi connectivity index (χ3n) is 4.30. The Balaban J connectivity index is 1.51. The van der Waals surface area contributed by atoms with Crippen LogP contribution in [0.3, 0.4) is 0 Å². The molecule has 2 heterocycles. The molecule has 7 nitrogen and oxygen atoms in total. The zero-order valence-corrected chi connectivity index (χ0v) is 15.9. The van der Waals surface area contributed by atoms with Gasteiger partial charge in [0.05, 0.1) is 17.4 Å². The Morgan fingerprint density at radius 3 is 2.83 bits per heavy atom. The molecule has 1 aliphatic heterocycles. The van der Waals surface area contributed by atoms with Crippen LogP contribution in [-0.4, -0.2) is 40.1 Å². The predicted molar refractivity (Wildman–Crippen MR) is 107 cm³/mol. The molecule has 0 radical (unpaired) electrons. The molecular formula is C20H16FN3O4S. The van der Waals surface area contributed by atoms with Crippen LogP contribution >= 0.6 is 12.2 Å². The number of nitrogens with zero attached hydrogens (tertiary/aromatic N) is 2. The maximum absolute atomic E-state index is 13.1. The zero-order chi connectivity index (χ0) is 20.4. The van der Waals surface area contributed by atoms with E-state index in [1.165, 1.54) is 35.1 Å². The minimum atomic E-state index is -0.371. The van der Waals surface area contributed by atoms with Crippen LogP contribution in [-0.2, 0) is 9.47 Å². The summed E-state index contributed by atoms with van der Waals surface area (Å²) in [6.07, 6.45) is 1.10. The maximum Gasteiger partial charge on any atom is 0.352 e. The molecule has 0 spiro atoms. The van der Waals surface area contributed by atoms with Crippen LogP contribution in [0.15, 0.2) is 54.7 Å². The average molecular weight is 413 g/mol. The second kappa shape index (κ2) is 7.88. The van der Waals surface area contributed by atoms with Crippen LogP contribution < -0.4 is 10.5 Å². The lowest BCUT2D eigenvalue weighted by Crippen LogP contribution is -2.20. The number of carbonyl (C=O) groups excluding carboxylic acids is 1. The van der Waals surface area contributed by atoms with E-state index in [4.69, 9.17) is 32.2 Å². The van der Waals surface area contributed by atoms with Crippen LogP contribution in [0.25, 0.3) is 5.69 Å². The van der Waals surface area contributed by atoms with Crippen LogP contribution in [0.2, 0.25) is 0 Å². The number of nitrogen functional groups attached to an aromatic ring is 1. The number of thiocarbonyl (C=S) groups is 1. The van der Waals surface area contributed by atoms with Gasteiger partial charge in [-0.2, -0.15) is 5.10 Å². The second-order valence-electron chi connectivity index (χ2n) is 6.30. The molecule has 2 aromatic carbocycles. The third-order valence-corrected chi connectivity index (χ3v) is 4.52. The Labute approximate surface area is 170 Å². The predicted octanol–water partition coefficient (Wildman–Crippen LogP) is 2.90. The highest BCUT2D eigenvalue weighted by atomic mass is 32.1. The SMILES string of the molecule is Nc1c(C(=O)c2cccc(OCC3COC(=S)O3)c2)cnn1-c1ccc(F)cc1. The van der Waals surface area contributed by atoms with E-state index in [0.29, 0.717) is 23.6 Å². The molecule has 1 unspecified atom stereocenters. The monoisotopic (exact) mass is 413 g/mol. The number of aromatic nitrogens is 2. The fourth-order valence-electron chi connectivity index (χ4n) is 2.84. The molecule has 0 aliphatic carbocycles. The van der Waals surface area contributed by atoms with Crippen LogP contribution in [0, 0.1) is 5.82 Å². The number of benzene rings is 2. The second-order valence-corrected chi connectivity index (χ2v) is 6.63. The van der Waals surface area contributed by atoms with E-state index in [-0.39, 0.29) is 40.9 Å². The van der Waals surface area contributed by atoms with Crippen LogP contribution in [0.5, 0.6) is 5.75 Å².